The topological polar surface area (TPSA) is 12.0 Å². The first-order chi connectivity index (χ1) is 9.54. The Kier molecular flexibility index (Phi) is 5.03. The zero-order chi connectivity index (χ0) is 14.7. The van der Waals surface area contributed by atoms with Crippen LogP contribution in [0.3, 0.4) is 0 Å². The Morgan fingerprint density at radius 3 is 2.60 bits per heavy atom. The third-order valence-electron chi connectivity index (χ3n) is 3.23. The van der Waals surface area contributed by atoms with Gasteiger partial charge in [0.1, 0.15) is 5.82 Å². The number of benzene rings is 2. The van der Waals surface area contributed by atoms with Crippen LogP contribution in [0.5, 0.6) is 0 Å². The molecule has 0 radical (unpaired) electrons. The van der Waals surface area contributed by atoms with Crippen molar-refractivity contribution < 1.29 is 4.39 Å². The SMILES string of the molecule is CCNC(C)c1ccc(F)cc1-c1cccc(Cl)c1Cl. The molecule has 0 bridgehead atoms. The van der Waals surface area contributed by atoms with Crippen LogP contribution in [-0.4, -0.2) is 6.54 Å². The van der Waals surface area contributed by atoms with E-state index in [1.807, 2.05) is 26.0 Å². The summed E-state index contributed by atoms with van der Waals surface area (Å²) in [5.74, 6) is -0.288. The molecule has 1 atom stereocenters. The van der Waals surface area contributed by atoms with Gasteiger partial charge >= 0.3 is 0 Å². The van der Waals surface area contributed by atoms with Crippen molar-refractivity contribution >= 4 is 23.2 Å². The van der Waals surface area contributed by atoms with Crippen molar-refractivity contribution in [3.8, 4) is 11.1 Å². The van der Waals surface area contributed by atoms with E-state index in [9.17, 15) is 4.39 Å². The van der Waals surface area contributed by atoms with Crippen molar-refractivity contribution in [1.82, 2.24) is 5.32 Å². The molecule has 1 unspecified atom stereocenters. The Morgan fingerprint density at radius 1 is 1.15 bits per heavy atom. The summed E-state index contributed by atoms with van der Waals surface area (Å²) < 4.78 is 13.6. The molecule has 0 aliphatic rings. The van der Waals surface area contributed by atoms with E-state index in [2.05, 4.69) is 5.32 Å². The highest BCUT2D eigenvalue weighted by Crippen LogP contribution is 2.37. The van der Waals surface area contributed by atoms with Crippen molar-refractivity contribution in [2.75, 3.05) is 6.54 Å². The molecular formula is C16H16Cl2FN. The molecule has 2 aromatic rings. The molecule has 0 saturated heterocycles. The minimum absolute atomic E-state index is 0.102. The van der Waals surface area contributed by atoms with Gasteiger partial charge in [0, 0.05) is 11.6 Å². The summed E-state index contributed by atoms with van der Waals surface area (Å²) >= 11 is 12.3. The fraction of sp³-hybridized carbons (Fsp3) is 0.250. The molecule has 0 spiro atoms. The fourth-order valence-corrected chi connectivity index (χ4v) is 2.67. The molecule has 0 heterocycles. The van der Waals surface area contributed by atoms with Crippen molar-refractivity contribution in [3.05, 3.63) is 57.8 Å². The summed E-state index contributed by atoms with van der Waals surface area (Å²) in [5, 5.41) is 4.24. The minimum Gasteiger partial charge on any atom is -0.310 e. The monoisotopic (exact) mass is 311 g/mol. The molecule has 0 aliphatic heterocycles. The molecular weight excluding hydrogens is 296 g/mol. The van der Waals surface area contributed by atoms with E-state index in [0.717, 1.165) is 23.2 Å². The highest BCUT2D eigenvalue weighted by molar-refractivity contribution is 6.43. The minimum atomic E-state index is -0.288. The molecule has 106 valence electrons. The Morgan fingerprint density at radius 2 is 1.90 bits per heavy atom. The fourth-order valence-electron chi connectivity index (χ4n) is 2.27. The maximum Gasteiger partial charge on any atom is 0.123 e. The lowest BCUT2D eigenvalue weighted by Gasteiger charge is -2.18. The molecule has 2 aromatic carbocycles. The lowest BCUT2D eigenvalue weighted by atomic mass is 9.95. The van der Waals surface area contributed by atoms with Crippen LogP contribution in [0, 0.1) is 5.82 Å². The van der Waals surface area contributed by atoms with Gasteiger partial charge in [-0.05, 0) is 42.8 Å². The first-order valence-electron chi connectivity index (χ1n) is 6.51. The van der Waals surface area contributed by atoms with Crippen LogP contribution in [0.25, 0.3) is 11.1 Å². The second-order valence-corrected chi connectivity index (χ2v) is 5.40. The van der Waals surface area contributed by atoms with Crippen molar-refractivity contribution in [1.29, 1.82) is 0 Å². The Balaban J connectivity index is 2.60. The molecule has 1 nitrogen and oxygen atoms in total. The van der Waals surface area contributed by atoms with Crippen LogP contribution in [0.1, 0.15) is 25.5 Å². The van der Waals surface area contributed by atoms with Gasteiger partial charge in [0.25, 0.3) is 0 Å². The largest absolute Gasteiger partial charge is 0.310 e. The van der Waals surface area contributed by atoms with E-state index >= 15 is 0 Å². The molecule has 0 saturated carbocycles. The van der Waals surface area contributed by atoms with Crippen LogP contribution in [0.2, 0.25) is 10.0 Å². The van der Waals surface area contributed by atoms with Crippen molar-refractivity contribution in [2.45, 2.75) is 19.9 Å². The first kappa shape index (κ1) is 15.3. The zero-order valence-electron chi connectivity index (χ0n) is 11.4. The van der Waals surface area contributed by atoms with Gasteiger partial charge in [0.05, 0.1) is 10.0 Å². The molecule has 20 heavy (non-hydrogen) atoms. The van der Waals surface area contributed by atoms with Crippen LogP contribution in [0.4, 0.5) is 4.39 Å². The second-order valence-electron chi connectivity index (χ2n) is 4.61. The van der Waals surface area contributed by atoms with Crippen LogP contribution in [-0.2, 0) is 0 Å². The zero-order valence-corrected chi connectivity index (χ0v) is 12.9. The van der Waals surface area contributed by atoms with E-state index in [-0.39, 0.29) is 11.9 Å². The van der Waals surface area contributed by atoms with Crippen molar-refractivity contribution in [3.63, 3.8) is 0 Å². The summed E-state index contributed by atoms with van der Waals surface area (Å²) in [5.41, 5.74) is 2.52. The molecule has 0 aromatic heterocycles. The Hall–Kier alpha value is -1.09. The van der Waals surface area contributed by atoms with Gasteiger partial charge in [-0.1, -0.05) is 48.3 Å². The molecule has 0 amide bonds. The lowest BCUT2D eigenvalue weighted by Crippen LogP contribution is -2.18. The summed E-state index contributed by atoms with van der Waals surface area (Å²) in [4.78, 5) is 0. The molecule has 4 heteroatoms. The maximum atomic E-state index is 13.6. The molecule has 0 fully saturated rings. The molecule has 0 aliphatic carbocycles. The number of rotatable bonds is 4. The summed E-state index contributed by atoms with van der Waals surface area (Å²) in [6.07, 6.45) is 0. The smallest absolute Gasteiger partial charge is 0.123 e. The quantitative estimate of drug-likeness (QED) is 0.789. The van der Waals surface area contributed by atoms with E-state index in [0.29, 0.717) is 10.0 Å². The predicted molar refractivity (Wildman–Crippen MR) is 83.9 cm³/mol. The van der Waals surface area contributed by atoms with Crippen LogP contribution >= 0.6 is 23.2 Å². The average molecular weight is 312 g/mol. The van der Waals surface area contributed by atoms with E-state index in [1.165, 1.54) is 12.1 Å². The van der Waals surface area contributed by atoms with Gasteiger partial charge < -0.3 is 5.32 Å². The van der Waals surface area contributed by atoms with Gasteiger partial charge in [-0.25, -0.2) is 4.39 Å². The number of hydrogen-bond donors (Lipinski definition) is 1. The third-order valence-corrected chi connectivity index (χ3v) is 4.05. The van der Waals surface area contributed by atoms with Gasteiger partial charge in [-0.2, -0.15) is 0 Å². The van der Waals surface area contributed by atoms with Gasteiger partial charge in [-0.3, -0.25) is 0 Å². The molecule has 2 rings (SSSR count). The first-order valence-corrected chi connectivity index (χ1v) is 7.27. The third kappa shape index (κ3) is 3.14. The maximum absolute atomic E-state index is 13.6. The number of halogens is 3. The van der Waals surface area contributed by atoms with E-state index in [4.69, 9.17) is 23.2 Å². The number of hydrogen-bond acceptors (Lipinski definition) is 1. The lowest BCUT2D eigenvalue weighted by molar-refractivity contribution is 0.593. The average Bonchev–Trinajstić information content (AvgIpc) is 2.42. The summed E-state index contributed by atoms with van der Waals surface area (Å²) in [6.45, 7) is 4.91. The Labute approximate surface area is 128 Å². The van der Waals surface area contributed by atoms with Gasteiger partial charge in [0.2, 0.25) is 0 Å². The Bertz CT molecular complexity index is 613. The van der Waals surface area contributed by atoms with Crippen LogP contribution in [0.15, 0.2) is 36.4 Å². The normalized spacial score (nSPS) is 12.4. The van der Waals surface area contributed by atoms with Crippen molar-refractivity contribution in [2.24, 2.45) is 0 Å². The van der Waals surface area contributed by atoms with Crippen LogP contribution < -0.4 is 5.32 Å². The van der Waals surface area contributed by atoms with E-state index < -0.39 is 0 Å². The number of nitrogens with one attached hydrogen (secondary N) is 1. The van der Waals surface area contributed by atoms with Gasteiger partial charge in [0.15, 0.2) is 0 Å². The van der Waals surface area contributed by atoms with E-state index in [1.54, 1.807) is 12.1 Å². The summed E-state index contributed by atoms with van der Waals surface area (Å²) in [7, 11) is 0. The highest BCUT2D eigenvalue weighted by Gasteiger charge is 2.15. The summed E-state index contributed by atoms with van der Waals surface area (Å²) in [6, 6.07) is 10.2. The molecule has 1 N–H and O–H groups in total. The predicted octanol–water partition coefficient (Wildman–Crippen LogP) is 5.47. The highest BCUT2D eigenvalue weighted by atomic mass is 35.5. The van der Waals surface area contributed by atoms with Gasteiger partial charge in [-0.15, -0.1) is 0 Å². The second kappa shape index (κ2) is 6.57. The standard InChI is InChI=1S/C16H16Cl2FN/c1-3-20-10(2)12-8-7-11(19)9-14(12)13-5-4-6-15(17)16(13)18/h4-10,20H,3H2,1-2H3.